The molecule has 1 aromatic rings. The first-order valence-corrected chi connectivity index (χ1v) is 5.66. The van der Waals surface area contributed by atoms with Gasteiger partial charge in [-0.15, -0.1) is 0 Å². The van der Waals surface area contributed by atoms with E-state index in [0.717, 1.165) is 24.9 Å². The summed E-state index contributed by atoms with van der Waals surface area (Å²) in [5, 5.41) is 3.88. The number of anilines is 1. The zero-order chi connectivity index (χ0) is 11.6. The van der Waals surface area contributed by atoms with Crippen LogP contribution >= 0.6 is 11.6 Å². The molecular formula is C12H14ClNO2. The standard InChI is InChI=1S/C12H14ClNO2/c1-16-11(15)12(6-3-7-12)14-10-5-2-4-9(13)8-10/h2,4-5,8,14H,3,6-7H2,1H3. The highest BCUT2D eigenvalue weighted by Crippen LogP contribution is 2.36. The van der Waals surface area contributed by atoms with E-state index in [0.29, 0.717) is 5.02 Å². The molecule has 2 rings (SSSR count). The molecule has 0 saturated heterocycles. The van der Waals surface area contributed by atoms with Gasteiger partial charge in [0.15, 0.2) is 0 Å². The summed E-state index contributed by atoms with van der Waals surface area (Å²) >= 11 is 5.89. The molecule has 0 unspecified atom stereocenters. The van der Waals surface area contributed by atoms with E-state index in [9.17, 15) is 4.79 Å². The molecule has 0 radical (unpaired) electrons. The van der Waals surface area contributed by atoms with E-state index in [1.54, 1.807) is 6.07 Å². The van der Waals surface area contributed by atoms with Gasteiger partial charge in [0.2, 0.25) is 0 Å². The Morgan fingerprint density at radius 1 is 1.50 bits per heavy atom. The molecule has 0 aliphatic heterocycles. The van der Waals surface area contributed by atoms with E-state index in [1.807, 2.05) is 18.2 Å². The zero-order valence-electron chi connectivity index (χ0n) is 9.13. The molecule has 1 aliphatic rings. The van der Waals surface area contributed by atoms with Gasteiger partial charge in [-0.1, -0.05) is 17.7 Å². The van der Waals surface area contributed by atoms with Crippen LogP contribution < -0.4 is 5.32 Å². The number of esters is 1. The number of hydrogen-bond acceptors (Lipinski definition) is 3. The van der Waals surface area contributed by atoms with Gasteiger partial charge in [0.1, 0.15) is 5.54 Å². The minimum absolute atomic E-state index is 0.196. The number of carbonyl (C=O) groups is 1. The molecule has 1 saturated carbocycles. The Labute approximate surface area is 99.7 Å². The van der Waals surface area contributed by atoms with Crippen molar-refractivity contribution in [1.82, 2.24) is 0 Å². The molecule has 1 aromatic carbocycles. The number of methoxy groups -OCH3 is 1. The van der Waals surface area contributed by atoms with Gasteiger partial charge in [-0.3, -0.25) is 0 Å². The number of halogens is 1. The summed E-state index contributed by atoms with van der Waals surface area (Å²) < 4.78 is 4.83. The Bertz CT molecular complexity index is 402. The average molecular weight is 240 g/mol. The van der Waals surface area contributed by atoms with Gasteiger partial charge >= 0.3 is 5.97 Å². The van der Waals surface area contributed by atoms with E-state index in [2.05, 4.69) is 5.32 Å². The minimum atomic E-state index is -0.542. The van der Waals surface area contributed by atoms with Gasteiger partial charge in [0, 0.05) is 10.7 Å². The maximum atomic E-state index is 11.7. The van der Waals surface area contributed by atoms with Crippen LogP contribution in [0.2, 0.25) is 5.02 Å². The van der Waals surface area contributed by atoms with Gasteiger partial charge in [-0.2, -0.15) is 0 Å². The van der Waals surface area contributed by atoms with Gasteiger partial charge in [0.25, 0.3) is 0 Å². The van der Waals surface area contributed by atoms with E-state index in [4.69, 9.17) is 16.3 Å². The molecule has 86 valence electrons. The van der Waals surface area contributed by atoms with Crippen molar-refractivity contribution in [2.24, 2.45) is 0 Å². The normalized spacial score (nSPS) is 17.4. The predicted molar refractivity (Wildman–Crippen MR) is 63.7 cm³/mol. The minimum Gasteiger partial charge on any atom is -0.467 e. The van der Waals surface area contributed by atoms with Crippen molar-refractivity contribution < 1.29 is 9.53 Å². The first-order valence-electron chi connectivity index (χ1n) is 5.28. The monoisotopic (exact) mass is 239 g/mol. The summed E-state index contributed by atoms with van der Waals surface area (Å²) in [4.78, 5) is 11.7. The summed E-state index contributed by atoms with van der Waals surface area (Å²) in [7, 11) is 1.42. The van der Waals surface area contributed by atoms with Crippen LogP contribution in [0.4, 0.5) is 5.69 Å². The number of carbonyl (C=O) groups excluding carboxylic acids is 1. The fourth-order valence-corrected chi connectivity index (χ4v) is 2.14. The summed E-state index contributed by atoms with van der Waals surface area (Å²) in [6.07, 6.45) is 2.67. The van der Waals surface area contributed by atoms with Gasteiger partial charge < -0.3 is 10.1 Å². The van der Waals surface area contributed by atoms with Crippen LogP contribution in [0, 0.1) is 0 Å². The van der Waals surface area contributed by atoms with E-state index in [-0.39, 0.29) is 5.97 Å². The highest BCUT2D eigenvalue weighted by Gasteiger charge is 2.45. The van der Waals surface area contributed by atoms with Gasteiger partial charge in [-0.25, -0.2) is 4.79 Å². The highest BCUT2D eigenvalue weighted by atomic mass is 35.5. The third kappa shape index (κ3) is 2.00. The molecule has 1 fully saturated rings. The molecule has 1 aliphatic carbocycles. The number of rotatable bonds is 3. The molecule has 0 atom stereocenters. The van der Waals surface area contributed by atoms with Gasteiger partial charge in [-0.05, 0) is 37.5 Å². The van der Waals surface area contributed by atoms with E-state index < -0.39 is 5.54 Å². The molecule has 0 heterocycles. The molecule has 3 nitrogen and oxygen atoms in total. The third-order valence-electron chi connectivity index (χ3n) is 2.99. The van der Waals surface area contributed by atoms with Crippen LogP contribution in [0.3, 0.4) is 0 Å². The molecule has 4 heteroatoms. The van der Waals surface area contributed by atoms with Crippen LogP contribution in [0.1, 0.15) is 19.3 Å². The Balaban J connectivity index is 2.16. The fraction of sp³-hybridized carbons (Fsp3) is 0.417. The number of benzene rings is 1. The van der Waals surface area contributed by atoms with Crippen molar-refractivity contribution in [3.8, 4) is 0 Å². The van der Waals surface area contributed by atoms with Crippen molar-refractivity contribution >= 4 is 23.3 Å². The topological polar surface area (TPSA) is 38.3 Å². The smallest absolute Gasteiger partial charge is 0.331 e. The van der Waals surface area contributed by atoms with Crippen molar-refractivity contribution in [3.63, 3.8) is 0 Å². The van der Waals surface area contributed by atoms with Crippen LogP contribution in [0.15, 0.2) is 24.3 Å². The van der Waals surface area contributed by atoms with Crippen LogP contribution in [0.5, 0.6) is 0 Å². The maximum absolute atomic E-state index is 11.7. The first kappa shape index (κ1) is 11.3. The third-order valence-corrected chi connectivity index (χ3v) is 3.23. The fourth-order valence-electron chi connectivity index (χ4n) is 1.95. The second-order valence-corrected chi connectivity index (χ2v) is 4.50. The molecule has 0 spiro atoms. The molecule has 0 bridgehead atoms. The van der Waals surface area contributed by atoms with E-state index >= 15 is 0 Å². The summed E-state index contributed by atoms with van der Waals surface area (Å²) in [5.74, 6) is -0.196. The van der Waals surface area contributed by atoms with Crippen LogP contribution in [-0.2, 0) is 9.53 Å². The lowest BCUT2D eigenvalue weighted by molar-refractivity contribution is -0.149. The SMILES string of the molecule is COC(=O)C1(Nc2cccc(Cl)c2)CCC1. The zero-order valence-corrected chi connectivity index (χ0v) is 9.88. The predicted octanol–water partition coefficient (Wildman–Crippen LogP) is 2.85. The maximum Gasteiger partial charge on any atom is 0.331 e. The number of hydrogen-bond donors (Lipinski definition) is 1. The van der Waals surface area contributed by atoms with Crippen molar-refractivity contribution in [1.29, 1.82) is 0 Å². The molecule has 0 aromatic heterocycles. The molecular weight excluding hydrogens is 226 g/mol. The van der Waals surface area contributed by atoms with Crippen molar-refractivity contribution in [2.45, 2.75) is 24.8 Å². The summed E-state index contributed by atoms with van der Waals surface area (Å²) in [6, 6.07) is 7.37. The Kier molecular flexibility index (Phi) is 3.06. The molecule has 1 N–H and O–H groups in total. The quantitative estimate of drug-likeness (QED) is 0.825. The number of ether oxygens (including phenoxy) is 1. The van der Waals surface area contributed by atoms with Crippen molar-refractivity contribution in [3.05, 3.63) is 29.3 Å². The largest absolute Gasteiger partial charge is 0.467 e. The average Bonchev–Trinajstić information content (AvgIpc) is 2.22. The Morgan fingerprint density at radius 2 is 2.25 bits per heavy atom. The lowest BCUT2D eigenvalue weighted by atomic mass is 9.76. The lowest BCUT2D eigenvalue weighted by Gasteiger charge is -2.40. The summed E-state index contributed by atoms with van der Waals surface area (Å²) in [5.41, 5.74) is 0.317. The second kappa shape index (κ2) is 4.34. The van der Waals surface area contributed by atoms with Crippen LogP contribution in [0.25, 0.3) is 0 Å². The van der Waals surface area contributed by atoms with Crippen molar-refractivity contribution in [2.75, 3.05) is 12.4 Å². The number of nitrogens with one attached hydrogen (secondary N) is 1. The lowest BCUT2D eigenvalue weighted by Crippen LogP contribution is -2.52. The first-order chi connectivity index (χ1) is 7.66. The van der Waals surface area contributed by atoms with E-state index in [1.165, 1.54) is 7.11 Å². The van der Waals surface area contributed by atoms with Gasteiger partial charge in [0.05, 0.1) is 7.11 Å². The highest BCUT2D eigenvalue weighted by molar-refractivity contribution is 6.30. The second-order valence-electron chi connectivity index (χ2n) is 4.06. The molecule has 0 amide bonds. The summed E-state index contributed by atoms with van der Waals surface area (Å²) in [6.45, 7) is 0. The Hall–Kier alpha value is -1.22. The Morgan fingerprint density at radius 3 is 2.75 bits per heavy atom. The molecule has 16 heavy (non-hydrogen) atoms. The van der Waals surface area contributed by atoms with Crippen LogP contribution in [-0.4, -0.2) is 18.6 Å².